The molecule has 0 aliphatic carbocycles. The van der Waals surface area contributed by atoms with Crippen LogP contribution in [0.2, 0.25) is 5.02 Å². The number of hydrogen-bond acceptors (Lipinski definition) is 3. The highest BCUT2D eigenvalue weighted by molar-refractivity contribution is 6.32. The van der Waals surface area contributed by atoms with Crippen LogP contribution < -0.4 is 10.1 Å². The van der Waals surface area contributed by atoms with Gasteiger partial charge in [0.2, 0.25) is 0 Å². The van der Waals surface area contributed by atoms with Gasteiger partial charge in [-0.15, -0.1) is 0 Å². The molecule has 2 unspecified atom stereocenters. The van der Waals surface area contributed by atoms with Gasteiger partial charge in [0.1, 0.15) is 5.75 Å². The molecule has 1 aromatic carbocycles. The van der Waals surface area contributed by atoms with Gasteiger partial charge >= 0.3 is 0 Å². The highest BCUT2D eigenvalue weighted by atomic mass is 35.5. The summed E-state index contributed by atoms with van der Waals surface area (Å²) in [6.07, 6.45) is 3.46. The molecule has 112 valence electrons. The molecule has 0 radical (unpaired) electrons. The molecular weight excluding hydrogens is 274 g/mol. The van der Waals surface area contributed by atoms with Crippen molar-refractivity contribution < 1.29 is 9.47 Å². The lowest BCUT2D eigenvalue weighted by atomic mass is 9.88. The number of benzene rings is 1. The SMILES string of the molecule is CCCNC(c1ccc(Cl)c(OC)c1)C1CCCOC1. The van der Waals surface area contributed by atoms with E-state index in [1.165, 1.54) is 12.0 Å². The van der Waals surface area contributed by atoms with Gasteiger partial charge < -0.3 is 14.8 Å². The fourth-order valence-corrected chi connectivity index (χ4v) is 2.95. The average Bonchev–Trinajstić information content (AvgIpc) is 2.50. The molecule has 1 fully saturated rings. The Morgan fingerprint density at radius 2 is 2.35 bits per heavy atom. The normalized spacial score (nSPS) is 20.6. The van der Waals surface area contributed by atoms with Gasteiger partial charge in [0.05, 0.1) is 18.7 Å². The molecule has 1 N–H and O–H groups in total. The van der Waals surface area contributed by atoms with Crippen LogP contribution in [0, 0.1) is 5.92 Å². The zero-order valence-electron chi connectivity index (χ0n) is 12.3. The van der Waals surface area contributed by atoms with Crippen LogP contribution in [0.15, 0.2) is 18.2 Å². The fraction of sp³-hybridized carbons (Fsp3) is 0.625. The number of ether oxygens (including phenoxy) is 2. The number of methoxy groups -OCH3 is 1. The first-order chi connectivity index (χ1) is 9.76. The summed E-state index contributed by atoms with van der Waals surface area (Å²) >= 11 is 6.12. The summed E-state index contributed by atoms with van der Waals surface area (Å²) in [6, 6.07) is 6.36. The van der Waals surface area contributed by atoms with Crippen molar-refractivity contribution in [3.63, 3.8) is 0 Å². The molecule has 0 aromatic heterocycles. The molecular formula is C16H24ClNO2. The van der Waals surface area contributed by atoms with E-state index in [9.17, 15) is 0 Å². The van der Waals surface area contributed by atoms with E-state index in [4.69, 9.17) is 21.1 Å². The molecule has 1 aliphatic heterocycles. The number of hydrogen-bond donors (Lipinski definition) is 1. The van der Waals surface area contributed by atoms with Crippen LogP contribution in [0.4, 0.5) is 0 Å². The Hall–Kier alpha value is -0.770. The second kappa shape index (κ2) is 7.87. The van der Waals surface area contributed by atoms with E-state index in [2.05, 4.69) is 18.3 Å². The quantitative estimate of drug-likeness (QED) is 0.866. The van der Waals surface area contributed by atoms with Crippen molar-refractivity contribution in [2.75, 3.05) is 26.9 Å². The summed E-state index contributed by atoms with van der Waals surface area (Å²) in [5.74, 6) is 1.25. The van der Waals surface area contributed by atoms with Gasteiger partial charge in [-0.25, -0.2) is 0 Å². The lowest BCUT2D eigenvalue weighted by molar-refractivity contribution is 0.0390. The molecule has 0 amide bonds. The molecule has 0 spiro atoms. The Kier molecular flexibility index (Phi) is 6.14. The maximum absolute atomic E-state index is 6.12. The van der Waals surface area contributed by atoms with Crippen LogP contribution in [0.1, 0.15) is 37.8 Å². The van der Waals surface area contributed by atoms with E-state index in [0.29, 0.717) is 17.0 Å². The molecule has 1 aliphatic rings. The Morgan fingerprint density at radius 1 is 1.50 bits per heavy atom. The van der Waals surface area contributed by atoms with E-state index in [0.717, 1.165) is 38.3 Å². The summed E-state index contributed by atoms with van der Waals surface area (Å²) in [4.78, 5) is 0. The zero-order chi connectivity index (χ0) is 14.4. The third-order valence-electron chi connectivity index (χ3n) is 3.82. The maximum atomic E-state index is 6.12. The van der Waals surface area contributed by atoms with Crippen LogP contribution in [0.5, 0.6) is 5.75 Å². The number of nitrogens with one attached hydrogen (secondary N) is 1. The predicted molar refractivity (Wildman–Crippen MR) is 82.6 cm³/mol. The van der Waals surface area contributed by atoms with Crippen molar-refractivity contribution in [3.8, 4) is 5.75 Å². The van der Waals surface area contributed by atoms with E-state index >= 15 is 0 Å². The molecule has 1 saturated heterocycles. The topological polar surface area (TPSA) is 30.5 Å². The molecule has 1 aromatic rings. The summed E-state index contributed by atoms with van der Waals surface area (Å²) < 4.78 is 11.0. The number of halogens is 1. The van der Waals surface area contributed by atoms with E-state index in [1.54, 1.807) is 7.11 Å². The lowest BCUT2D eigenvalue weighted by Gasteiger charge is -2.31. The first-order valence-corrected chi connectivity index (χ1v) is 7.78. The van der Waals surface area contributed by atoms with E-state index < -0.39 is 0 Å². The van der Waals surface area contributed by atoms with Gasteiger partial charge in [-0.1, -0.05) is 24.6 Å². The maximum Gasteiger partial charge on any atom is 0.137 e. The minimum Gasteiger partial charge on any atom is -0.495 e. The van der Waals surface area contributed by atoms with Crippen LogP contribution in [0.25, 0.3) is 0 Å². The van der Waals surface area contributed by atoms with Gasteiger partial charge in [-0.3, -0.25) is 0 Å². The molecule has 3 nitrogen and oxygen atoms in total. The Bertz CT molecular complexity index is 419. The second-order valence-corrected chi connectivity index (χ2v) is 5.71. The molecule has 2 atom stereocenters. The van der Waals surface area contributed by atoms with Crippen molar-refractivity contribution in [3.05, 3.63) is 28.8 Å². The highest BCUT2D eigenvalue weighted by Crippen LogP contribution is 2.33. The smallest absolute Gasteiger partial charge is 0.137 e. The molecule has 1 heterocycles. The van der Waals surface area contributed by atoms with Crippen LogP contribution in [0.3, 0.4) is 0 Å². The highest BCUT2D eigenvalue weighted by Gasteiger charge is 2.25. The van der Waals surface area contributed by atoms with Crippen molar-refractivity contribution >= 4 is 11.6 Å². The van der Waals surface area contributed by atoms with Crippen molar-refractivity contribution in [1.29, 1.82) is 0 Å². The van der Waals surface area contributed by atoms with Gasteiger partial charge in [-0.2, -0.15) is 0 Å². The summed E-state index contributed by atoms with van der Waals surface area (Å²) in [7, 11) is 1.66. The summed E-state index contributed by atoms with van der Waals surface area (Å²) in [5.41, 5.74) is 1.23. The zero-order valence-corrected chi connectivity index (χ0v) is 13.1. The molecule has 4 heteroatoms. The molecule has 20 heavy (non-hydrogen) atoms. The minimum atomic E-state index is 0.307. The second-order valence-electron chi connectivity index (χ2n) is 5.30. The molecule has 2 rings (SSSR count). The molecule has 0 bridgehead atoms. The van der Waals surface area contributed by atoms with Crippen molar-refractivity contribution in [2.24, 2.45) is 5.92 Å². The van der Waals surface area contributed by atoms with Gasteiger partial charge in [-0.05, 0) is 43.5 Å². The van der Waals surface area contributed by atoms with E-state index in [-0.39, 0.29) is 0 Å². The summed E-state index contributed by atoms with van der Waals surface area (Å²) in [5, 5.41) is 4.31. The van der Waals surface area contributed by atoms with Crippen LogP contribution >= 0.6 is 11.6 Å². The first kappa shape index (κ1) is 15.6. The van der Waals surface area contributed by atoms with Gasteiger partial charge in [0.25, 0.3) is 0 Å². The Balaban J connectivity index is 2.20. The van der Waals surface area contributed by atoms with Gasteiger partial charge in [0.15, 0.2) is 0 Å². The largest absolute Gasteiger partial charge is 0.495 e. The first-order valence-electron chi connectivity index (χ1n) is 7.40. The third-order valence-corrected chi connectivity index (χ3v) is 4.13. The molecule has 0 saturated carbocycles. The van der Waals surface area contributed by atoms with Crippen molar-refractivity contribution in [1.82, 2.24) is 5.32 Å². The Morgan fingerprint density at radius 3 is 3.00 bits per heavy atom. The fourth-order valence-electron chi connectivity index (χ4n) is 2.75. The average molecular weight is 298 g/mol. The minimum absolute atomic E-state index is 0.307. The van der Waals surface area contributed by atoms with E-state index in [1.807, 2.05) is 12.1 Å². The van der Waals surface area contributed by atoms with Crippen molar-refractivity contribution in [2.45, 2.75) is 32.2 Å². The number of rotatable bonds is 6. The lowest BCUT2D eigenvalue weighted by Crippen LogP contribution is -2.33. The summed E-state index contributed by atoms with van der Waals surface area (Å²) in [6.45, 7) is 4.91. The van der Waals surface area contributed by atoms with Crippen LogP contribution in [-0.4, -0.2) is 26.9 Å². The standard InChI is InChI=1S/C16H24ClNO2/c1-3-8-18-16(13-5-4-9-20-11-13)12-6-7-14(17)15(10-12)19-2/h6-7,10,13,16,18H,3-5,8-9,11H2,1-2H3. The monoisotopic (exact) mass is 297 g/mol. The predicted octanol–water partition coefficient (Wildman–Crippen LogP) is 3.82. The van der Waals surface area contributed by atoms with Crippen LogP contribution in [-0.2, 0) is 4.74 Å². The van der Waals surface area contributed by atoms with Gasteiger partial charge in [0, 0.05) is 18.6 Å². The Labute approximate surface area is 126 Å². The third kappa shape index (κ3) is 3.87.